The monoisotopic (exact) mass is 691 g/mol. The van der Waals surface area contributed by atoms with Crippen molar-refractivity contribution in [2.45, 2.75) is 12.8 Å². The summed E-state index contributed by atoms with van der Waals surface area (Å²) in [5.41, 5.74) is 14.9. The lowest BCUT2D eigenvalue weighted by Crippen LogP contribution is -1.97. The van der Waals surface area contributed by atoms with Crippen LogP contribution in [-0.4, -0.2) is 14.5 Å². The molecule has 54 heavy (non-hydrogen) atoms. The number of aryl methyl sites for hydroxylation is 1. The molecule has 0 saturated heterocycles. The van der Waals surface area contributed by atoms with E-state index in [-0.39, 0.29) is 0 Å². The lowest BCUT2D eigenvalue weighted by Gasteiger charge is -2.13. The first kappa shape index (κ1) is 30.6. The molecule has 254 valence electrons. The molecule has 0 unspecified atom stereocenters. The summed E-state index contributed by atoms with van der Waals surface area (Å²) < 4.78 is 9.07. The molecule has 0 bridgehead atoms. The smallest absolute Gasteiger partial charge is 0.160 e. The number of rotatable bonds is 5. The molecule has 0 fully saturated rings. The summed E-state index contributed by atoms with van der Waals surface area (Å²) >= 11 is 0. The normalized spacial score (nSPS) is 12.6. The minimum Gasteiger partial charge on any atom is -0.456 e. The van der Waals surface area contributed by atoms with Crippen molar-refractivity contribution < 1.29 is 4.42 Å². The molecule has 11 rings (SSSR count). The van der Waals surface area contributed by atoms with Gasteiger partial charge in [-0.2, -0.15) is 0 Å². The molecule has 0 radical (unpaired) electrons. The van der Waals surface area contributed by atoms with Gasteiger partial charge in [-0.15, -0.1) is 0 Å². The Morgan fingerprint density at radius 2 is 1.24 bits per heavy atom. The van der Waals surface area contributed by atoms with Crippen molar-refractivity contribution in [2.75, 3.05) is 0 Å². The van der Waals surface area contributed by atoms with Crippen molar-refractivity contribution in [3.63, 3.8) is 0 Å². The Kier molecular flexibility index (Phi) is 6.96. The van der Waals surface area contributed by atoms with E-state index in [4.69, 9.17) is 14.4 Å². The van der Waals surface area contributed by atoms with Crippen LogP contribution >= 0.6 is 0 Å². The molecule has 4 heteroatoms. The highest BCUT2D eigenvalue weighted by atomic mass is 16.3. The minimum absolute atomic E-state index is 0.686. The maximum Gasteiger partial charge on any atom is 0.160 e. The lowest BCUT2D eigenvalue weighted by atomic mass is 9.95. The first-order valence-corrected chi connectivity index (χ1v) is 18.5. The lowest BCUT2D eigenvalue weighted by molar-refractivity contribution is 0.668. The average Bonchev–Trinajstić information content (AvgIpc) is 3.78. The third-order valence-corrected chi connectivity index (χ3v) is 10.9. The number of nitrogens with zero attached hydrogens (tertiary/aromatic N) is 3. The Labute approximate surface area is 312 Å². The van der Waals surface area contributed by atoms with E-state index in [2.05, 4.69) is 156 Å². The zero-order valence-electron chi connectivity index (χ0n) is 29.4. The van der Waals surface area contributed by atoms with Crippen LogP contribution in [0.4, 0.5) is 0 Å². The van der Waals surface area contributed by atoms with Crippen LogP contribution < -0.4 is 0 Å². The van der Waals surface area contributed by atoms with Crippen LogP contribution in [0.1, 0.15) is 17.5 Å². The molecule has 0 aliphatic heterocycles. The molecule has 0 spiro atoms. The van der Waals surface area contributed by atoms with Gasteiger partial charge in [-0.05, 0) is 77.6 Å². The van der Waals surface area contributed by atoms with Gasteiger partial charge in [0, 0.05) is 50.0 Å². The molecular formula is C50H33N3O. The average molecular weight is 692 g/mol. The van der Waals surface area contributed by atoms with Gasteiger partial charge in [-0.3, -0.25) is 0 Å². The second-order valence-electron chi connectivity index (χ2n) is 14.1. The minimum atomic E-state index is 0.686. The maximum absolute atomic E-state index is 6.69. The molecule has 0 atom stereocenters. The van der Waals surface area contributed by atoms with Gasteiger partial charge in [-0.1, -0.05) is 127 Å². The Morgan fingerprint density at radius 3 is 2.09 bits per heavy atom. The highest BCUT2D eigenvalue weighted by molar-refractivity contribution is 6.14. The summed E-state index contributed by atoms with van der Waals surface area (Å²) in [4.78, 5) is 10.3. The van der Waals surface area contributed by atoms with E-state index in [0.29, 0.717) is 5.82 Å². The predicted molar refractivity (Wildman–Crippen MR) is 223 cm³/mol. The van der Waals surface area contributed by atoms with Gasteiger partial charge >= 0.3 is 0 Å². The topological polar surface area (TPSA) is 43.9 Å². The van der Waals surface area contributed by atoms with E-state index in [1.165, 1.54) is 44.1 Å². The third-order valence-electron chi connectivity index (χ3n) is 10.9. The number of aromatic nitrogens is 3. The molecule has 1 aliphatic carbocycles. The SMILES string of the molecule is C1=Cc2cc3c(cc2CC1)c1ccccc1n3-c1ccc2c(c1)oc1cccc(-c3cc(-c4ccc(-c5ccccc5)cc4)nc(-c4ccccc4)n3)c12. The van der Waals surface area contributed by atoms with Gasteiger partial charge in [0.2, 0.25) is 0 Å². The zero-order valence-corrected chi connectivity index (χ0v) is 29.4. The van der Waals surface area contributed by atoms with E-state index < -0.39 is 0 Å². The fourth-order valence-corrected chi connectivity index (χ4v) is 8.26. The Morgan fingerprint density at radius 1 is 0.500 bits per heavy atom. The van der Waals surface area contributed by atoms with Crippen LogP contribution in [0.5, 0.6) is 0 Å². The van der Waals surface area contributed by atoms with Crippen molar-refractivity contribution in [1.82, 2.24) is 14.5 Å². The Balaban J connectivity index is 1.07. The number of benzene rings is 7. The van der Waals surface area contributed by atoms with Crippen molar-refractivity contribution in [3.05, 3.63) is 181 Å². The van der Waals surface area contributed by atoms with Crippen LogP contribution in [0, 0.1) is 0 Å². The van der Waals surface area contributed by atoms with Crippen LogP contribution in [0.25, 0.3) is 101 Å². The summed E-state index contributed by atoms with van der Waals surface area (Å²) in [6, 6.07) is 57.8. The quantitative estimate of drug-likeness (QED) is 0.180. The summed E-state index contributed by atoms with van der Waals surface area (Å²) in [7, 11) is 0. The fourth-order valence-electron chi connectivity index (χ4n) is 8.26. The molecule has 0 N–H and O–H groups in total. The van der Waals surface area contributed by atoms with E-state index >= 15 is 0 Å². The van der Waals surface area contributed by atoms with Gasteiger partial charge < -0.3 is 8.98 Å². The molecule has 0 amide bonds. The van der Waals surface area contributed by atoms with Crippen LogP contribution in [0.2, 0.25) is 0 Å². The second kappa shape index (κ2) is 12.3. The Hall–Kier alpha value is -7.04. The summed E-state index contributed by atoms with van der Waals surface area (Å²) in [6.45, 7) is 0. The highest BCUT2D eigenvalue weighted by Crippen LogP contribution is 2.41. The number of allylic oxidation sites excluding steroid dienone is 1. The number of fused-ring (bicyclic) bond motifs is 7. The molecule has 3 aromatic heterocycles. The molecular weight excluding hydrogens is 659 g/mol. The summed E-state index contributed by atoms with van der Waals surface area (Å²) in [5.74, 6) is 0.686. The first-order chi connectivity index (χ1) is 26.7. The highest BCUT2D eigenvalue weighted by Gasteiger charge is 2.20. The van der Waals surface area contributed by atoms with Gasteiger partial charge in [0.15, 0.2) is 5.82 Å². The number of hydrogen-bond donors (Lipinski definition) is 0. The van der Waals surface area contributed by atoms with Crippen molar-refractivity contribution in [2.24, 2.45) is 0 Å². The standard InChI is InChI=1S/C50H33N3O/c1-3-12-32(13-4-1)33-22-24-34(25-23-33)43-31-44(52-50(51-43)35-14-5-2-6-15-35)40-19-11-21-47-49(40)41-27-26-38(30-48(41)54-47)53-45-20-10-9-18-39(45)42-28-36-16-7-8-17-37(36)29-46(42)53/h1-6,8-15,17-31H,7,16H2. The van der Waals surface area contributed by atoms with Gasteiger partial charge in [0.25, 0.3) is 0 Å². The second-order valence-corrected chi connectivity index (χ2v) is 14.1. The number of furan rings is 1. The zero-order chi connectivity index (χ0) is 35.6. The molecule has 3 heterocycles. The van der Waals surface area contributed by atoms with E-state index in [9.17, 15) is 0 Å². The largest absolute Gasteiger partial charge is 0.456 e. The molecule has 10 aromatic rings. The maximum atomic E-state index is 6.69. The molecule has 7 aromatic carbocycles. The summed E-state index contributed by atoms with van der Waals surface area (Å²) in [5, 5.41) is 4.65. The fraction of sp³-hybridized carbons (Fsp3) is 0.0400. The van der Waals surface area contributed by atoms with E-state index in [1.54, 1.807) is 0 Å². The number of para-hydroxylation sites is 1. The van der Waals surface area contributed by atoms with Gasteiger partial charge in [0.05, 0.1) is 22.4 Å². The van der Waals surface area contributed by atoms with E-state index in [0.717, 1.165) is 68.5 Å². The van der Waals surface area contributed by atoms with Crippen molar-refractivity contribution >= 4 is 49.8 Å². The third kappa shape index (κ3) is 4.99. The molecule has 0 saturated carbocycles. The molecule has 4 nitrogen and oxygen atoms in total. The Bertz CT molecular complexity index is 3080. The predicted octanol–water partition coefficient (Wildman–Crippen LogP) is 13.1. The van der Waals surface area contributed by atoms with E-state index in [1.807, 2.05) is 24.3 Å². The molecule has 1 aliphatic rings. The van der Waals surface area contributed by atoms with Crippen LogP contribution in [0.15, 0.2) is 174 Å². The van der Waals surface area contributed by atoms with Gasteiger partial charge in [-0.25, -0.2) is 9.97 Å². The summed E-state index contributed by atoms with van der Waals surface area (Å²) in [6.07, 6.45) is 6.72. The van der Waals surface area contributed by atoms with Crippen LogP contribution in [-0.2, 0) is 6.42 Å². The van der Waals surface area contributed by atoms with Crippen molar-refractivity contribution in [3.8, 4) is 50.7 Å². The number of hydrogen-bond acceptors (Lipinski definition) is 3. The van der Waals surface area contributed by atoms with Crippen LogP contribution in [0.3, 0.4) is 0 Å². The van der Waals surface area contributed by atoms with Gasteiger partial charge in [0.1, 0.15) is 11.2 Å². The first-order valence-electron chi connectivity index (χ1n) is 18.5. The van der Waals surface area contributed by atoms with Crippen molar-refractivity contribution in [1.29, 1.82) is 0 Å².